The molecule has 1 aliphatic rings. The van der Waals surface area contributed by atoms with E-state index >= 15 is 4.39 Å². The Balaban J connectivity index is 1.46. The zero-order valence-corrected chi connectivity index (χ0v) is 20.2. The summed E-state index contributed by atoms with van der Waals surface area (Å²) >= 11 is 0. The Labute approximate surface area is 212 Å². The van der Waals surface area contributed by atoms with Gasteiger partial charge in [0.05, 0.1) is 11.1 Å². The number of benzene rings is 1. The number of nitrogens with one attached hydrogen (secondary N) is 2. The summed E-state index contributed by atoms with van der Waals surface area (Å²) in [4.78, 5) is 41.7. The summed E-state index contributed by atoms with van der Waals surface area (Å²) in [6.07, 6.45) is 4.07. The van der Waals surface area contributed by atoms with Crippen LogP contribution >= 0.6 is 0 Å². The molecule has 4 aromatic rings. The first-order valence-electron chi connectivity index (χ1n) is 11.7. The summed E-state index contributed by atoms with van der Waals surface area (Å²) < 4.78 is 16.6. The number of nitrogens with zero attached hydrogens (tertiary/aromatic N) is 6. The monoisotopic (exact) mass is 500 g/mol. The van der Waals surface area contributed by atoms with Crippen molar-refractivity contribution in [3.63, 3.8) is 0 Å². The molecule has 0 unspecified atom stereocenters. The third-order valence-electron chi connectivity index (χ3n) is 6.12. The van der Waals surface area contributed by atoms with Crippen molar-refractivity contribution in [3.8, 4) is 5.82 Å². The van der Waals surface area contributed by atoms with Crippen molar-refractivity contribution in [1.29, 1.82) is 0 Å². The first kappa shape index (κ1) is 24.1. The van der Waals surface area contributed by atoms with Gasteiger partial charge < -0.3 is 20.4 Å². The predicted octanol–water partition coefficient (Wildman–Crippen LogP) is 2.93. The van der Waals surface area contributed by atoms with E-state index in [1.54, 1.807) is 28.8 Å². The fourth-order valence-corrected chi connectivity index (χ4v) is 4.07. The van der Waals surface area contributed by atoms with Crippen molar-refractivity contribution in [2.24, 2.45) is 0 Å². The van der Waals surface area contributed by atoms with Crippen LogP contribution in [0.1, 0.15) is 0 Å². The van der Waals surface area contributed by atoms with Gasteiger partial charge in [-0.1, -0.05) is 12.6 Å². The lowest BCUT2D eigenvalue weighted by Crippen LogP contribution is -2.44. The molecule has 1 saturated heterocycles. The fraction of sp³-hybridized carbons (Fsp3) is 0.192. The van der Waals surface area contributed by atoms with Crippen molar-refractivity contribution < 1.29 is 9.18 Å². The molecule has 37 heavy (non-hydrogen) atoms. The molecule has 4 heterocycles. The van der Waals surface area contributed by atoms with Crippen LogP contribution in [0.2, 0.25) is 0 Å². The molecule has 0 radical (unpaired) electrons. The summed E-state index contributed by atoms with van der Waals surface area (Å²) in [6, 6.07) is 11.4. The standard InChI is InChI=1S/C26H25FN8O2/c1-3-24(37)31-22-5-4-6-23(30-22)35-10-9-21(36)18-16-28-26(32-25(18)35)29-20-8-7-17(15-19(20)27)34-13-11-33(2)12-14-34/h3-10,15-16H,1,11-14H2,2H3,(H,28,29,32)(H,30,31,37). The zero-order chi connectivity index (χ0) is 25.9. The van der Waals surface area contributed by atoms with E-state index in [2.05, 4.69) is 49.0 Å². The Morgan fingerprint density at radius 3 is 2.68 bits per heavy atom. The number of amides is 1. The van der Waals surface area contributed by atoms with E-state index in [4.69, 9.17) is 0 Å². The second-order valence-electron chi connectivity index (χ2n) is 8.63. The lowest BCUT2D eigenvalue weighted by atomic mass is 10.2. The molecule has 10 nitrogen and oxygen atoms in total. The first-order valence-corrected chi connectivity index (χ1v) is 11.7. The normalized spacial score (nSPS) is 13.9. The van der Waals surface area contributed by atoms with E-state index in [0.717, 1.165) is 37.9 Å². The summed E-state index contributed by atoms with van der Waals surface area (Å²) in [5.74, 6) is 0.0133. The van der Waals surface area contributed by atoms with Crippen molar-refractivity contribution in [3.05, 3.63) is 83.6 Å². The highest BCUT2D eigenvalue weighted by atomic mass is 19.1. The summed E-state index contributed by atoms with van der Waals surface area (Å²) in [6.45, 7) is 6.95. The van der Waals surface area contributed by atoms with Gasteiger partial charge >= 0.3 is 0 Å². The van der Waals surface area contributed by atoms with Crippen LogP contribution in [0.25, 0.3) is 16.9 Å². The minimum absolute atomic E-state index is 0.120. The average molecular weight is 501 g/mol. The Hall–Kier alpha value is -4.64. The van der Waals surface area contributed by atoms with Gasteiger partial charge in [0.15, 0.2) is 11.1 Å². The van der Waals surface area contributed by atoms with Gasteiger partial charge in [0.2, 0.25) is 11.9 Å². The fourth-order valence-electron chi connectivity index (χ4n) is 4.07. The van der Waals surface area contributed by atoms with Gasteiger partial charge in [0, 0.05) is 50.3 Å². The van der Waals surface area contributed by atoms with Gasteiger partial charge in [-0.05, 0) is 43.5 Å². The van der Waals surface area contributed by atoms with Crippen molar-refractivity contribution >= 4 is 40.1 Å². The molecule has 3 aromatic heterocycles. The lowest BCUT2D eigenvalue weighted by molar-refractivity contribution is -0.111. The van der Waals surface area contributed by atoms with E-state index < -0.39 is 11.7 Å². The van der Waals surface area contributed by atoms with E-state index in [1.807, 2.05) is 6.07 Å². The smallest absolute Gasteiger partial charge is 0.248 e. The molecule has 1 fully saturated rings. The second kappa shape index (κ2) is 10.2. The third-order valence-corrected chi connectivity index (χ3v) is 6.12. The Kier molecular flexibility index (Phi) is 6.60. The first-order chi connectivity index (χ1) is 17.9. The number of hydrogen-bond donors (Lipinski definition) is 2. The Morgan fingerprint density at radius 1 is 1.11 bits per heavy atom. The predicted molar refractivity (Wildman–Crippen MR) is 141 cm³/mol. The van der Waals surface area contributed by atoms with E-state index in [0.29, 0.717) is 11.6 Å². The molecular formula is C26H25FN8O2. The summed E-state index contributed by atoms with van der Waals surface area (Å²) in [5.41, 5.74) is 1.05. The number of carbonyl (C=O) groups excluding carboxylic acids is 1. The number of aromatic nitrogens is 4. The average Bonchev–Trinajstić information content (AvgIpc) is 2.90. The number of carbonyl (C=O) groups is 1. The van der Waals surface area contributed by atoms with Gasteiger partial charge in [-0.2, -0.15) is 4.98 Å². The highest BCUT2D eigenvalue weighted by Crippen LogP contribution is 2.25. The number of piperazine rings is 1. The molecule has 0 bridgehead atoms. The minimum atomic E-state index is -0.432. The maximum Gasteiger partial charge on any atom is 0.248 e. The van der Waals surface area contributed by atoms with E-state index in [-0.39, 0.29) is 28.1 Å². The van der Waals surface area contributed by atoms with Gasteiger partial charge in [-0.15, -0.1) is 0 Å². The quantitative estimate of drug-likeness (QED) is 0.389. The number of likely N-dealkylation sites (N-methyl/N-ethyl adjacent to an activating group) is 1. The molecule has 0 spiro atoms. The number of halogens is 1. The maximum absolute atomic E-state index is 15.0. The van der Waals surface area contributed by atoms with Crippen molar-refractivity contribution in [2.75, 3.05) is 48.8 Å². The summed E-state index contributed by atoms with van der Waals surface area (Å²) in [7, 11) is 2.07. The van der Waals surface area contributed by atoms with Crippen molar-refractivity contribution in [1.82, 2.24) is 24.4 Å². The van der Waals surface area contributed by atoms with E-state index in [1.165, 1.54) is 24.5 Å². The molecule has 0 aliphatic carbocycles. The summed E-state index contributed by atoms with van der Waals surface area (Å²) in [5, 5.41) is 5.79. The molecule has 188 valence electrons. The van der Waals surface area contributed by atoms with E-state index in [9.17, 15) is 9.59 Å². The number of rotatable bonds is 6. The van der Waals surface area contributed by atoms with Gasteiger partial charge in [0.25, 0.3) is 0 Å². The second-order valence-corrected chi connectivity index (χ2v) is 8.63. The van der Waals surface area contributed by atoms with Gasteiger partial charge in [-0.25, -0.2) is 14.4 Å². The van der Waals surface area contributed by atoms with Crippen LogP contribution < -0.4 is 21.0 Å². The number of hydrogen-bond acceptors (Lipinski definition) is 8. The molecule has 0 atom stereocenters. The minimum Gasteiger partial charge on any atom is -0.369 e. The highest BCUT2D eigenvalue weighted by Gasteiger charge is 2.16. The van der Waals surface area contributed by atoms with Gasteiger partial charge in [-0.3, -0.25) is 14.2 Å². The van der Waals surface area contributed by atoms with Crippen LogP contribution in [0, 0.1) is 5.82 Å². The van der Waals surface area contributed by atoms with Crippen LogP contribution in [0.3, 0.4) is 0 Å². The van der Waals surface area contributed by atoms with Crippen molar-refractivity contribution in [2.45, 2.75) is 0 Å². The number of pyridine rings is 2. The lowest BCUT2D eigenvalue weighted by Gasteiger charge is -2.34. The zero-order valence-electron chi connectivity index (χ0n) is 20.2. The van der Waals surface area contributed by atoms with Crippen LogP contribution in [0.4, 0.5) is 27.5 Å². The molecule has 11 heteroatoms. The SMILES string of the molecule is C=CC(=O)Nc1cccc(-n2ccc(=O)c3cnc(Nc4ccc(N5CCN(C)CC5)cc4F)nc32)n1. The molecule has 1 aliphatic heterocycles. The topological polar surface area (TPSA) is 108 Å². The maximum atomic E-state index is 15.0. The van der Waals surface area contributed by atoms with Crippen LogP contribution in [0.5, 0.6) is 0 Å². The largest absolute Gasteiger partial charge is 0.369 e. The molecule has 1 amide bonds. The number of fused-ring (bicyclic) bond motifs is 1. The molecule has 5 rings (SSSR count). The van der Waals surface area contributed by atoms with Crippen LogP contribution in [-0.4, -0.2) is 63.6 Å². The molecule has 0 saturated carbocycles. The molecule has 1 aromatic carbocycles. The van der Waals surface area contributed by atoms with Gasteiger partial charge in [0.1, 0.15) is 17.5 Å². The third kappa shape index (κ3) is 5.16. The Morgan fingerprint density at radius 2 is 1.92 bits per heavy atom. The highest BCUT2D eigenvalue weighted by molar-refractivity contribution is 5.98. The number of anilines is 4. The van der Waals surface area contributed by atoms with Crippen LogP contribution in [-0.2, 0) is 4.79 Å². The Bertz CT molecular complexity index is 1550. The van der Waals surface area contributed by atoms with Crippen LogP contribution in [0.15, 0.2) is 72.3 Å². The molecular weight excluding hydrogens is 475 g/mol. The molecule has 2 N–H and O–H groups in total.